The summed E-state index contributed by atoms with van der Waals surface area (Å²) in [5.41, 5.74) is 5.15. The van der Waals surface area contributed by atoms with Crippen molar-refractivity contribution < 1.29 is 22.8 Å². The number of carbonyl (C=O) groups excluding carboxylic acids is 2. The fourth-order valence-electron chi connectivity index (χ4n) is 3.82. The van der Waals surface area contributed by atoms with Crippen molar-refractivity contribution in [2.75, 3.05) is 0 Å². The van der Waals surface area contributed by atoms with Crippen molar-refractivity contribution >= 4 is 57.8 Å². The maximum atomic E-state index is 13.2. The highest BCUT2D eigenvalue weighted by Crippen LogP contribution is 2.35. The molecule has 1 aromatic heterocycles. The van der Waals surface area contributed by atoms with Crippen molar-refractivity contribution in [1.82, 2.24) is 15.0 Å². The van der Waals surface area contributed by atoms with Crippen LogP contribution < -0.4 is 5.43 Å². The molecule has 0 radical (unpaired) electrons. The molecule has 3 aromatic rings. The number of halogens is 4. The van der Waals surface area contributed by atoms with Gasteiger partial charge in [-0.3, -0.25) is 15.0 Å². The van der Waals surface area contributed by atoms with E-state index < -0.39 is 23.6 Å². The lowest BCUT2D eigenvalue weighted by Crippen LogP contribution is -2.44. The monoisotopic (exact) mass is 549 g/mol. The van der Waals surface area contributed by atoms with E-state index in [0.717, 1.165) is 34.5 Å². The number of thiocarbonyl (C=S) groups is 1. The van der Waals surface area contributed by atoms with Gasteiger partial charge < -0.3 is 4.57 Å². The average molecular weight is 550 g/mol. The number of hydrogen-bond donors (Lipinski definition) is 1. The number of alkyl halides is 3. The summed E-state index contributed by atoms with van der Waals surface area (Å²) in [6, 6.07) is 11.7. The number of hydrazine groups is 1. The first kappa shape index (κ1) is 26.0. The third kappa shape index (κ3) is 5.07. The Labute approximate surface area is 219 Å². The predicted molar refractivity (Wildman–Crippen MR) is 139 cm³/mol. The largest absolute Gasteiger partial charge is 0.416 e. The van der Waals surface area contributed by atoms with E-state index in [1.165, 1.54) is 6.07 Å². The van der Waals surface area contributed by atoms with E-state index in [2.05, 4.69) is 5.43 Å². The summed E-state index contributed by atoms with van der Waals surface area (Å²) in [7, 11) is 0. The molecule has 4 rings (SSSR count). The van der Waals surface area contributed by atoms with E-state index in [4.69, 9.17) is 23.8 Å². The van der Waals surface area contributed by atoms with Crippen LogP contribution >= 0.6 is 35.6 Å². The van der Waals surface area contributed by atoms with Crippen molar-refractivity contribution in [3.63, 3.8) is 0 Å². The second kappa shape index (κ2) is 9.76. The van der Waals surface area contributed by atoms with Gasteiger partial charge in [-0.05, 0) is 86.6 Å². The molecule has 2 heterocycles. The van der Waals surface area contributed by atoms with Crippen LogP contribution in [0.25, 0.3) is 11.8 Å². The molecule has 0 bridgehead atoms. The molecule has 0 spiro atoms. The number of nitrogens with one attached hydrogen (secondary N) is 1. The number of aromatic nitrogens is 1. The van der Waals surface area contributed by atoms with E-state index in [1.807, 2.05) is 6.92 Å². The summed E-state index contributed by atoms with van der Waals surface area (Å²) in [5, 5.41) is 1.23. The number of aryl methyl sites for hydroxylation is 2. The molecular formula is C25H19ClF3N3O2S2. The Morgan fingerprint density at radius 2 is 1.83 bits per heavy atom. The molecule has 0 atom stereocenters. The molecule has 2 aromatic carbocycles. The van der Waals surface area contributed by atoms with Crippen LogP contribution in [0.15, 0.2) is 53.4 Å². The van der Waals surface area contributed by atoms with Gasteiger partial charge in [0, 0.05) is 17.1 Å². The third-order valence-electron chi connectivity index (χ3n) is 5.56. The maximum Gasteiger partial charge on any atom is 0.416 e. The highest BCUT2D eigenvalue weighted by molar-refractivity contribution is 8.26. The topological polar surface area (TPSA) is 54.3 Å². The van der Waals surface area contributed by atoms with Gasteiger partial charge in [0.05, 0.1) is 21.1 Å². The average Bonchev–Trinajstić information content (AvgIpc) is 3.22. The highest BCUT2D eigenvalue weighted by Gasteiger charge is 2.34. The molecular weight excluding hydrogens is 531 g/mol. The lowest BCUT2D eigenvalue weighted by atomic mass is 10.1. The number of thioether (sulfide) groups is 1. The molecule has 0 saturated carbocycles. The molecule has 0 unspecified atom stereocenters. The van der Waals surface area contributed by atoms with Gasteiger partial charge in [0.2, 0.25) is 0 Å². The molecule has 1 aliphatic heterocycles. The molecule has 5 nitrogen and oxygen atoms in total. The van der Waals surface area contributed by atoms with E-state index in [-0.39, 0.29) is 19.8 Å². The predicted octanol–water partition coefficient (Wildman–Crippen LogP) is 6.62. The van der Waals surface area contributed by atoms with Crippen LogP contribution in [-0.4, -0.2) is 25.7 Å². The van der Waals surface area contributed by atoms with Gasteiger partial charge >= 0.3 is 6.18 Å². The number of hydrogen-bond acceptors (Lipinski definition) is 4. The van der Waals surface area contributed by atoms with Gasteiger partial charge in [0.1, 0.15) is 0 Å². The Kier molecular flexibility index (Phi) is 7.05. The van der Waals surface area contributed by atoms with Gasteiger partial charge in [-0.2, -0.15) is 18.2 Å². The summed E-state index contributed by atoms with van der Waals surface area (Å²) in [5.74, 6) is -1.11. The first-order chi connectivity index (χ1) is 16.9. The van der Waals surface area contributed by atoms with Crippen LogP contribution in [0, 0.1) is 20.8 Å². The van der Waals surface area contributed by atoms with Gasteiger partial charge in [-0.15, -0.1) is 0 Å². The van der Waals surface area contributed by atoms with Gasteiger partial charge in [-0.25, -0.2) is 0 Å². The minimum Gasteiger partial charge on any atom is -0.318 e. The van der Waals surface area contributed by atoms with Crippen LogP contribution in [-0.2, 0) is 11.0 Å². The number of carbonyl (C=O) groups is 2. The van der Waals surface area contributed by atoms with Gasteiger partial charge in [0.25, 0.3) is 11.8 Å². The normalized spacial score (nSPS) is 15.2. The quantitative estimate of drug-likeness (QED) is 0.293. The molecule has 1 aliphatic rings. The van der Waals surface area contributed by atoms with Crippen LogP contribution in [0.4, 0.5) is 13.2 Å². The van der Waals surface area contributed by atoms with E-state index in [9.17, 15) is 22.8 Å². The van der Waals surface area contributed by atoms with Crippen LogP contribution in [0.5, 0.6) is 0 Å². The van der Waals surface area contributed by atoms with Crippen molar-refractivity contribution in [3.05, 3.63) is 92.1 Å². The first-order valence-electron chi connectivity index (χ1n) is 10.6. The molecule has 2 amide bonds. The number of rotatable bonds is 4. The third-order valence-corrected chi connectivity index (χ3v) is 7.18. The van der Waals surface area contributed by atoms with E-state index in [0.29, 0.717) is 22.6 Å². The Morgan fingerprint density at radius 1 is 1.11 bits per heavy atom. The number of benzene rings is 2. The van der Waals surface area contributed by atoms with Crippen molar-refractivity contribution in [1.29, 1.82) is 0 Å². The van der Waals surface area contributed by atoms with Crippen LogP contribution in [0.1, 0.15) is 38.4 Å². The lowest BCUT2D eigenvalue weighted by Gasteiger charge is -2.16. The number of amides is 2. The molecule has 11 heteroatoms. The molecule has 1 N–H and O–H groups in total. The van der Waals surface area contributed by atoms with Crippen molar-refractivity contribution in [2.24, 2.45) is 0 Å². The SMILES string of the molecule is Cc1ccc(C(=O)NN2C(=O)C(=Cc3cc(C)n(-c4cccc(C(F)(F)F)c4)c3C)SC2=S)c(Cl)c1. The van der Waals surface area contributed by atoms with Crippen molar-refractivity contribution in [2.45, 2.75) is 26.9 Å². The van der Waals surface area contributed by atoms with E-state index >= 15 is 0 Å². The fraction of sp³-hybridized carbons (Fsp3) is 0.160. The zero-order valence-electron chi connectivity index (χ0n) is 19.2. The Balaban J connectivity index is 1.61. The molecule has 0 aliphatic carbocycles. The Morgan fingerprint density at radius 3 is 2.50 bits per heavy atom. The molecule has 1 fully saturated rings. The van der Waals surface area contributed by atoms with Crippen LogP contribution in [0.2, 0.25) is 5.02 Å². The van der Waals surface area contributed by atoms with Gasteiger partial charge in [-0.1, -0.05) is 35.5 Å². The van der Waals surface area contributed by atoms with Crippen molar-refractivity contribution in [3.8, 4) is 5.69 Å². The zero-order chi connectivity index (χ0) is 26.4. The molecule has 186 valence electrons. The Bertz CT molecular complexity index is 1450. The van der Waals surface area contributed by atoms with Gasteiger partial charge in [0.15, 0.2) is 4.32 Å². The minimum absolute atomic E-state index is 0.134. The number of nitrogens with zero attached hydrogens (tertiary/aromatic N) is 2. The molecule has 1 saturated heterocycles. The summed E-state index contributed by atoms with van der Waals surface area (Å²) in [4.78, 5) is 26.0. The lowest BCUT2D eigenvalue weighted by molar-refractivity contribution is -0.137. The smallest absolute Gasteiger partial charge is 0.318 e. The standard InChI is InChI=1S/C25H19ClF3N3O2S2/c1-13-7-8-19(20(26)9-13)22(33)30-32-23(34)21(36-24(32)35)11-16-10-14(2)31(15(16)3)18-6-4-5-17(12-18)25(27,28)29/h4-12H,1-3H3,(H,30,33). The highest BCUT2D eigenvalue weighted by atomic mass is 35.5. The maximum absolute atomic E-state index is 13.2. The molecule has 36 heavy (non-hydrogen) atoms. The minimum atomic E-state index is -4.46. The second-order valence-corrected chi connectivity index (χ2v) is 10.2. The summed E-state index contributed by atoms with van der Waals surface area (Å²) < 4.78 is 41.4. The van der Waals surface area contributed by atoms with Crippen LogP contribution in [0.3, 0.4) is 0 Å². The first-order valence-corrected chi connectivity index (χ1v) is 12.2. The summed E-state index contributed by atoms with van der Waals surface area (Å²) in [6.07, 6.45) is -2.86. The Hall–Kier alpha value is -3.08. The van der Waals surface area contributed by atoms with E-state index in [1.54, 1.807) is 54.8 Å². The summed E-state index contributed by atoms with van der Waals surface area (Å²) in [6.45, 7) is 5.35. The second-order valence-electron chi connectivity index (χ2n) is 8.15. The zero-order valence-corrected chi connectivity index (χ0v) is 21.6. The fourth-order valence-corrected chi connectivity index (χ4v) is 5.32. The summed E-state index contributed by atoms with van der Waals surface area (Å²) >= 11 is 12.5.